The van der Waals surface area contributed by atoms with Gasteiger partial charge in [0.25, 0.3) is 0 Å². The van der Waals surface area contributed by atoms with Crippen molar-refractivity contribution in [3.8, 4) is 6.07 Å². The second kappa shape index (κ2) is 4.54. The molecule has 0 saturated heterocycles. The first kappa shape index (κ1) is 14.9. The summed E-state index contributed by atoms with van der Waals surface area (Å²) in [5.74, 6) is 0. The van der Waals surface area contributed by atoms with Gasteiger partial charge in [0.05, 0.1) is 5.54 Å². The standard InChI is InChI=1S/C15H19N2O3/c1-13(2,10-16)19-20-15(5)12-9-7-6-8-11(12)14(3,4)17(15)18/h6-9H,1-5H3. The summed E-state index contributed by atoms with van der Waals surface area (Å²) in [5.41, 5.74) is -1.45. The van der Waals surface area contributed by atoms with E-state index in [2.05, 4.69) is 0 Å². The summed E-state index contributed by atoms with van der Waals surface area (Å²) < 4.78 is 0. The number of benzene rings is 1. The van der Waals surface area contributed by atoms with E-state index in [0.29, 0.717) is 0 Å². The van der Waals surface area contributed by atoms with Gasteiger partial charge in [0.15, 0.2) is 5.60 Å². The molecule has 20 heavy (non-hydrogen) atoms. The molecule has 0 fully saturated rings. The normalized spacial score (nSPS) is 25.2. The number of nitriles is 1. The van der Waals surface area contributed by atoms with Crippen LogP contribution in [0.25, 0.3) is 0 Å². The van der Waals surface area contributed by atoms with Gasteiger partial charge in [-0.1, -0.05) is 24.3 Å². The van der Waals surface area contributed by atoms with Crippen molar-refractivity contribution in [3.05, 3.63) is 35.4 Å². The predicted molar refractivity (Wildman–Crippen MR) is 71.2 cm³/mol. The lowest BCUT2D eigenvalue weighted by molar-refractivity contribution is -0.477. The average molecular weight is 275 g/mol. The van der Waals surface area contributed by atoms with Crippen molar-refractivity contribution in [3.63, 3.8) is 0 Å². The maximum atomic E-state index is 12.6. The zero-order valence-corrected chi connectivity index (χ0v) is 12.4. The summed E-state index contributed by atoms with van der Waals surface area (Å²) >= 11 is 0. The second-order valence-electron chi connectivity index (χ2n) is 6.17. The largest absolute Gasteiger partial charge is 0.213 e. The Morgan fingerprint density at radius 2 is 1.75 bits per heavy atom. The zero-order chi connectivity index (χ0) is 15.2. The molecule has 0 N–H and O–H groups in total. The molecule has 0 aromatic heterocycles. The highest BCUT2D eigenvalue weighted by atomic mass is 17.2. The van der Waals surface area contributed by atoms with E-state index in [4.69, 9.17) is 15.0 Å². The fourth-order valence-electron chi connectivity index (χ4n) is 2.46. The number of fused-ring (bicyclic) bond motifs is 1. The van der Waals surface area contributed by atoms with E-state index < -0.39 is 16.9 Å². The van der Waals surface area contributed by atoms with Crippen LogP contribution >= 0.6 is 0 Å². The van der Waals surface area contributed by atoms with Crippen molar-refractivity contribution in [2.24, 2.45) is 0 Å². The fourth-order valence-corrected chi connectivity index (χ4v) is 2.46. The van der Waals surface area contributed by atoms with Crippen LogP contribution in [-0.4, -0.2) is 10.7 Å². The molecule has 0 bridgehead atoms. The van der Waals surface area contributed by atoms with E-state index in [1.54, 1.807) is 20.8 Å². The maximum Gasteiger partial charge on any atom is 0.205 e. The fraction of sp³-hybridized carbons (Fsp3) is 0.533. The third-order valence-corrected chi connectivity index (χ3v) is 3.66. The van der Waals surface area contributed by atoms with Crippen molar-refractivity contribution in [1.82, 2.24) is 5.06 Å². The van der Waals surface area contributed by atoms with E-state index in [-0.39, 0.29) is 0 Å². The van der Waals surface area contributed by atoms with Gasteiger partial charge in [0, 0.05) is 5.56 Å². The highest BCUT2D eigenvalue weighted by Crippen LogP contribution is 2.49. The molecule has 1 aromatic rings. The monoisotopic (exact) mass is 275 g/mol. The average Bonchev–Trinajstić information content (AvgIpc) is 2.57. The smallest absolute Gasteiger partial charge is 0.205 e. The SMILES string of the molecule is CC(C)(C#N)OOC1(C)c2ccccc2C(C)(C)N1[O]. The Labute approximate surface area is 119 Å². The van der Waals surface area contributed by atoms with Crippen molar-refractivity contribution < 1.29 is 15.0 Å². The molecule has 0 amide bonds. The van der Waals surface area contributed by atoms with Crippen LogP contribution in [0.5, 0.6) is 0 Å². The molecule has 1 aliphatic rings. The molecule has 0 aliphatic carbocycles. The Morgan fingerprint density at radius 3 is 2.30 bits per heavy atom. The molecule has 1 radical (unpaired) electrons. The van der Waals surface area contributed by atoms with Crippen LogP contribution < -0.4 is 0 Å². The van der Waals surface area contributed by atoms with Crippen LogP contribution in [0.1, 0.15) is 45.7 Å². The molecule has 1 aromatic carbocycles. The number of hydrogen-bond acceptors (Lipinski definition) is 4. The second-order valence-corrected chi connectivity index (χ2v) is 6.17. The highest BCUT2D eigenvalue weighted by molar-refractivity contribution is 5.41. The summed E-state index contributed by atoms with van der Waals surface area (Å²) in [5, 5.41) is 22.5. The first-order valence-corrected chi connectivity index (χ1v) is 6.51. The minimum absolute atomic E-state index is 0.717. The molecule has 1 unspecified atom stereocenters. The van der Waals surface area contributed by atoms with Gasteiger partial charge in [-0.2, -0.15) is 5.26 Å². The minimum atomic E-state index is -1.27. The van der Waals surface area contributed by atoms with E-state index >= 15 is 0 Å². The van der Waals surface area contributed by atoms with Gasteiger partial charge >= 0.3 is 0 Å². The van der Waals surface area contributed by atoms with Crippen LogP contribution in [0, 0.1) is 11.3 Å². The molecule has 0 spiro atoms. The van der Waals surface area contributed by atoms with Gasteiger partial charge in [0.2, 0.25) is 5.72 Å². The van der Waals surface area contributed by atoms with Crippen molar-refractivity contribution in [2.75, 3.05) is 0 Å². The van der Waals surface area contributed by atoms with Crippen molar-refractivity contribution in [2.45, 2.75) is 51.5 Å². The molecule has 1 heterocycles. The van der Waals surface area contributed by atoms with Crippen molar-refractivity contribution >= 4 is 0 Å². The topological polar surface area (TPSA) is 65.4 Å². The van der Waals surface area contributed by atoms with Crippen LogP contribution in [-0.2, 0) is 26.2 Å². The molecular weight excluding hydrogens is 256 g/mol. The number of nitrogens with zero attached hydrogens (tertiary/aromatic N) is 2. The van der Waals surface area contributed by atoms with Gasteiger partial charge < -0.3 is 0 Å². The number of hydrogen-bond donors (Lipinski definition) is 0. The third kappa shape index (κ3) is 2.11. The van der Waals surface area contributed by atoms with Crippen molar-refractivity contribution in [1.29, 1.82) is 5.26 Å². The van der Waals surface area contributed by atoms with E-state index in [0.717, 1.165) is 16.2 Å². The first-order chi connectivity index (χ1) is 9.15. The molecule has 1 atom stereocenters. The van der Waals surface area contributed by atoms with Gasteiger partial charge in [-0.3, -0.25) is 0 Å². The third-order valence-electron chi connectivity index (χ3n) is 3.66. The Morgan fingerprint density at radius 1 is 1.20 bits per heavy atom. The quantitative estimate of drug-likeness (QED) is 0.628. The Balaban J connectivity index is 2.39. The molecule has 0 saturated carbocycles. The maximum absolute atomic E-state index is 12.6. The molecule has 5 nitrogen and oxygen atoms in total. The number of rotatable bonds is 3. The van der Waals surface area contributed by atoms with Crippen LogP contribution in [0.15, 0.2) is 24.3 Å². The summed E-state index contributed by atoms with van der Waals surface area (Å²) in [4.78, 5) is 10.6. The zero-order valence-electron chi connectivity index (χ0n) is 12.4. The summed E-state index contributed by atoms with van der Waals surface area (Å²) in [6.07, 6.45) is 0. The van der Waals surface area contributed by atoms with E-state index in [9.17, 15) is 5.21 Å². The number of hydroxylamine groups is 2. The molecular formula is C15H19N2O3. The molecule has 2 rings (SSSR count). The lowest BCUT2D eigenvalue weighted by Gasteiger charge is -2.35. The Kier molecular flexibility index (Phi) is 3.39. The molecule has 107 valence electrons. The molecule has 5 heteroatoms. The van der Waals surface area contributed by atoms with E-state index in [1.807, 2.05) is 44.2 Å². The van der Waals surface area contributed by atoms with Crippen LogP contribution in [0.4, 0.5) is 0 Å². The minimum Gasteiger partial charge on any atom is -0.213 e. The van der Waals surface area contributed by atoms with Gasteiger partial charge in [-0.05, 0) is 40.2 Å². The van der Waals surface area contributed by atoms with Crippen LogP contribution in [0.3, 0.4) is 0 Å². The van der Waals surface area contributed by atoms with Crippen LogP contribution in [0.2, 0.25) is 0 Å². The van der Waals surface area contributed by atoms with E-state index in [1.165, 1.54) is 0 Å². The molecule has 1 aliphatic heterocycles. The van der Waals surface area contributed by atoms with Gasteiger partial charge in [0.1, 0.15) is 6.07 Å². The van der Waals surface area contributed by atoms with Gasteiger partial charge in [-0.25, -0.2) is 9.78 Å². The lowest BCUT2D eigenvalue weighted by Crippen LogP contribution is -2.46. The first-order valence-electron chi connectivity index (χ1n) is 6.51. The summed E-state index contributed by atoms with van der Waals surface area (Å²) in [6, 6.07) is 9.47. The Bertz CT molecular complexity index is 562. The highest BCUT2D eigenvalue weighted by Gasteiger charge is 2.55. The lowest BCUT2D eigenvalue weighted by atomic mass is 9.93. The predicted octanol–water partition coefficient (Wildman–Crippen LogP) is 3.01. The summed E-state index contributed by atoms with van der Waals surface area (Å²) in [6.45, 7) is 8.49. The Hall–Kier alpha value is -1.45. The summed E-state index contributed by atoms with van der Waals surface area (Å²) in [7, 11) is 0. The van der Waals surface area contributed by atoms with Gasteiger partial charge in [-0.15, -0.1) is 10.3 Å².